The third kappa shape index (κ3) is 3.61. The molecule has 0 radical (unpaired) electrons. The van der Waals surface area contributed by atoms with Crippen LogP contribution in [-0.4, -0.2) is 54.6 Å². The number of amides is 1. The van der Waals surface area contributed by atoms with Gasteiger partial charge in [0.05, 0.1) is 24.8 Å². The van der Waals surface area contributed by atoms with Gasteiger partial charge in [-0.25, -0.2) is 0 Å². The Morgan fingerprint density at radius 1 is 1.29 bits per heavy atom. The normalized spacial score (nSPS) is 25.2. The molecule has 1 atom stereocenters. The molecule has 2 aliphatic rings. The van der Waals surface area contributed by atoms with Gasteiger partial charge in [-0.3, -0.25) is 9.69 Å². The molecule has 2 saturated heterocycles. The van der Waals surface area contributed by atoms with Gasteiger partial charge >= 0.3 is 0 Å². The first kappa shape index (κ1) is 16.9. The van der Waals surface area contributed by atoms with Crippen molar-refractivity contribution in [3.05, 3.63) is 35.4 Å². The lowest BCUT2D eigenvalue weighted by Crippen LogP contribution is -2.41. The lowest BCUT2D eigenvalue weighted by molar-refractivity contribution is -0.129. The fraction of sp³-hybridized carbons (Fsp3) is 0.579. The number of hydrogen-bond acceptors (Lipinski definition) is 4. The van der Waals surface area contributed by atoms with Crippen LogP contribution < -0.4 is 0 Å². The van der Waals surface area contributed by atoms with Gasteiger partial charge in [0.1, 0.15) is 0 Å². The first-order valence-corrected chi connectivity index (χ1v) is 8.60. The number of carbonyl (C=O) groups is 1. The maximum absolute atomic E-state index is 12.4. The summed E-state index contributed by atoms with van der Waals surface area (Å²) in [5.74, 6) is 0.244. The zero-order valence-corrected chi connectivity index (χ0v) is 14.5. The number of nitriles is 1. The standard InChI is InChI=1S/C19H25N3O2/c1-15(2)22-13-19(9-18(22)23)12-21(7-8-24-14-19)11-17-5-3-16(10-20)4-6-17/h3-6,15H,7-9,11-14H2,1-2H3/t19-/m0/s1. The zero-order valence-electron chi connectivity index (χ0n) is 14.5. The minimum Gasteiger partial charge on any atom is -0.379 e. The van der Waals surface area contributed by atoms with Gasteiger partial charge in [-0.1, -0.05) is 12.1 Å². The van der Waals surface area contributed by atoms with E-state index in [9.17, 15) is 4.79 Å². The Morgan fingerprint density at radius 2 is 2.04 bits per heavy atom. The summed E-state index contributed by atoms with van der Waals surface area (Å²) in [5.41, 5.74) is 1.78. The summed E-state index contributed by atoms with van der Waals surface area (Å²) in [6.07, 6.45) is 0.578. The van der Waals surface area contributed by atoms with Crippen LogP contribution in [0.4, 0.5) is 0 Å². The molecule has 0 bridgehead atoms. The molecule has 0 unspecified atom stereocenters. The number of ether oxygens (including phenoxy) is 1. The van der Waals surface area contributed by atoms with E-state index in [0.717, 1.165) is 26.2 Å². The van der Waals surface area contributed by atoms with E-state index in [2.05, 4.69) is 24.8 Å². The fourth-order valence-electron chi connectivity index (χ4n) is 3.76. The van der Waals surface area contributed by atoms with E-state index < -0.39 is 0 Å². The van der Waals surface area contributed by atoms with Crippen LogP contribution in [-0.2, 0) is 16.1 Å². The minimum atomic E-state index is -0.0928. The highest BCUT2D eigenvalue weighted by Gasteiger charge is 2.46. The Balaban J connectivity index is 1.71. The van der Waals surface area contributed by atoms with Crippen LogP contribution in [0.1, 0.15) is 31.4 Å². The number of nitrogens with zero attached hydrogens (tertiary/aromatic N) is 3. The SMILES string of the molecule is CC(C)N1C[C@]2(COCCN(Cc3ccc(C#N)cc3)C2)CC1=O. The Labute approximate surface area is 143 Å². The first-order valence-electron chi connectivity index (χ1n) is 8.60. The predicted molar refractivity (Wildman–Crippen MR) is 91.2 cm³/mol. The van der Waals surface area contributed by atoms with Crippen LogP contribution in [0.15, 0.2) is 24.3 Å². The van der Waals surface area contributed by atoms with E-state index in [0.29, 0.717) is 25.2 Å². The van der Waals surface area contributed by atoms with E-state index in [1.165, 1.54) is 5.56 Å². The summed E-state index contributed by atoms with van der Waals surface area (Å²) < 4.78 is 5.85. The Hall–Kier alpha value is -1.90. The molecule has 1 aromatic carbocycles. The summed E-state index contributed by atoms with van der Waals surface area (Å²) >= 11 is 0. The maximum atomic E-state index is 12.4. The molecule has 2 aliphatic heterocycles. The van der Waals surface area contributed by atoms with Gasteiger partial charge in [-0.05, 0) is 31.5 Å². The minimum absolute atomic E-state index is 0.0928. The molecule has 0 aliphatic carbocycles. The molecule has 24 heavy (non-hydrogen) atoms. The summed E-state index contributed by atoms with van der Waals surface area (Å²) in [6.45, 7) is 8.87. The zero-order chi connectivity index (χ0) is 17.2. The van der Waals surface area contributed by atoms with Crippen molar-refractivity contribution in [1.82, 2.24) is 9.80 Å². The molecule has 1 amide bonds. The average Bonchev–Trinajstić information content (AvgIpc) is 2.76. The third-order valence-electron chi connectivity index (χ3n) is 4.98. The van der Waals surface area contributed by atoms with E-state index in [1.807, 2.05) is 29.2 Å². The fourth-order valence-corrected chi connectivity index (χ4v) is 3.76. The molecule has 2 heterocycles. The average molecular weight is 327 g/mol. The Kier molecular flexibility index (Phi) is 4.88. The van der Waals surface area contributed by atoms with E-state index in [-0.39, 0.29) is 17.4 Å². The number of likely N-dealkylation sites (tertiary alicyclic amines) is 1. The van der Waals surface area contributed by atoms with Crippen molar-refractivity contribution in [3.63, 3.8) is 0 Å². The van der Waals surface area contributed by atoms with Crippen molar-refractivity contribution in [1.29, 1.82) is 5.26 Å². The van der Waals surface area contributed by atoms with Crippen molar-refractivity contribution in [2.75, 3.05) is 32.8 Å². The van der Waals surface area contributed by atoms with Crippen molar-refractivity contribution in [2.24, 2.45) is 5.41 Å². The molecule has 2 fully saturated rings. The van der Waals surface area contributed by atoms with Crippen LogP contribution in [0.5, 0.6) is 0 Å². The van der Waals surface area contributed by atoms with Gasteiger partial charge in [0.2, 0.25) is 5.91 Å². The first-order chi connectivity index (χ1) is 11.5. The topological polar surface area (TPSA) is 56.6 Å². The van der Waals surface area contributed by atoms with Crippen LogP contribution >= 0.6 is 0 Å². The molecular formula is C19H25N3O2. The monoisotopic (exact) mass is 327 g/mol. The number of hydrogen-bond donors (Lipinski definition) is 0. The van der Waals surface area contributed by atoms with Gasteiger partial charge in [0.25, 0.3) is 0 Å². The largest absolute Gasteiger partial charge is 0.379 e. The number of benzene rings is 1. The molecular weight excluding hydrogens is 302 g/mol. The van der Waals surface area contributed by atoms with Gasteiger partial charge in [0, 0.05) is 44.1 Å². The third-order valence-corrected chi connectivity index (χ3v) is 4.98. The molecule has 128 valence electrons. The number of carbonyl (C=O) groups excluding carboxylic acids is 1. The lowest BCUT2D eigenvalue weighted by Gasteiger charge is -2.32. The molecule has 0 saturated carbocycles. The second kappa shape index (κ2) is 6.92. The van der Waals surface area contributed by atoms with Crippen LogP contribution in [0.3, 0.4) is 0 Å². The van der Waals surface area contributed by atoms with Crippen molar-refractivity contribution in [2.45, 2.75) is 32.9 Å². The second-order valence-corrected chi connectivity index (χ2v) is 7.36. The number of rotatable bonds is 3. The van der Waals surface area contributed by atoms with E-state index in [1.54, 1.807) is 0 Å². The molecule has 3 rings (SSSR count). The Morgan fingerprint density at radius 3 is 2.67 bits per heavy atom. The van der Waals surface area contributed by atoms with Gasteiger partial charge in [0.15, 0.2) is 0 Å². The van der Waals surface area contributed by atoms with E-state index in [4.69, 9.17) is 10.00 Å². The van der Waals surface area contributed by atoms with E-state index >= 15 is 0 Å². The highest BCUT2D eigenvalue weighted by molar-refractivity contribution is 5.79. The molecule has 0 N–H and O–H groups in total. The highest BCUT2D eigenvalue weighted by atomic mass is 16.5. The summed E-state index contributed by atoms with van der Waals surface area (Å²) in [6, 6.07) is 10.1. The van der Waals surface area contributed by atoms with Crippen LogP contribution in [0.25, 0.3) is 0 Å². The van der Waals surface area contributed by atoms with Crippen molar-refractivity contribution < 1.29 is 9.53 Å². The summed E-state index contributed by atoms with van der Waals surface area (Å²) in [7, 11) is 0. The summed E-state index contributed by atoms with van der Waals surface area (Å²) in [5, 5.41) is 8.91. The quantitative estimate of drug-likeness (QED) is 0.852. The molecule has 5 nitrogen and oxygen atoms in total. The van der Waals surface area contributed by atoms with Gasteiger partial charge < -0.3 is 9.64 Å². The molecule has 1 aromatic rings. The summed E-state index contributed by atoms with van der Waals surface area (Å²) in [4.78, 5) is 16.7. The second-order valence-electron chi connectivity index (χ2n) is 7.36. The predicted octanol–water partition coefficient (Wildman–Crippen LogP) is 2.02. The maximum Gasteiger partial charge on any atom is 0.223 e. The van der Waals surface area contributed by atoms with Gasteiger partial charge in [-0.15, -0.1) is 0 Å². The highest BCUT2D eigenvalue weighted by Crippen LogP contribution is 2.35. The Bertz CT molecular complexity index is 635. The molecule has 5 heteroatoms. The van der Waals surface area contributed by atoms with Crippen molar-refractivity contribution in [3.8, 4) is 6.07 Å². The van der Waals surface area contributed by atoms with Crippen LogP contribution in [0.2, 0.25) is 0 Å². The lowest BCUT2D eigenvalue weighted by atomic mass is 9.87. The smallest absolute Gasteiger partial charge is 0.223 e. The molecule has 1 spiro atoms. The van der Waals surface area contributed by atoms with Crippen LogP contribution in [0, 0.1) is 16.7 Å². The molecule has 0 aromatic heterocycles. The van der Waals surface area contributed by atoms with Gasteiger partial charge in [-0.2, -0.15) is 5.26 Å². The van der Waals surface area contributed by atoms with Crippen molar-refractivity contribution >= 4 is 5.91 Å².